The third-order valence-corrected chi connectivity index (χ3v) is 5.72. The van der Waals surface area contributed by atoms with Gasteiger partial charge < -0.3 is 5.11 Å². The highest BCUT2D eigenvalue weighted by atomic mass is 19.1. The van der Waals surface area contributed by atoms with E-state index in [1.54, 1.807) is 55.9 Å². The van der Waals surface area contributed by atoms with Crippen LogP contribution in [0.25, 0.3) is 0 Å². The molecule has 5 rings (SSSR count). The average molecular weight is 399 g/mol. The van der Waals surface area contributed by atoms with E-state index in [1.807, 2.05) is 30.4 Å². The first kappa shape index (κ1) is 18.6. The minimum atomic E-state index is -1.47. The number of allylic oxidation sites excluding steroid dienone is 4. The molecule has 6 heteroatoms. The number of benzene rings is 2. The van der Waals surface area contributed by atoms with Gasteiger partial charge in [0, 0.05) is 11.1 Å². The highest BCUT2D eigenvalue weighted by Crippen LogP contribution is 2.37. The molecule has 0 fully saturated rings. The summed E-state index contributed by atoms with van der Waals surface area (Å²) in [6.07, 6.45) is 11.1. The summed E-state index contributed by atoms with van der Waals surface area (Å²) in [5.74, 6) is 6.91. The van der Waals surface area contributed by atoms with Crippen LogP contribution in [0.15, 0.2) is 106 Å². The van der Waals surface area contributed by atoms with E-state index in [2.05, 4.69) is 4.99 Å². The lowest BCUT2D eigenvalue weighted by molar-refractivity contribution is -0.750. The number of fused-ring (bicyclic) bond motifs is 1. The number of halogens is 1. The van der Waals surface area contributed by atoms with E-state index in [4.69, 9.17) is 10.8 Å². The second-order valence-electron chi connectivity index (χ2n) is 7.63. The fourth-order valence-electron chi connectivity index (χ4n) is 3.90. The van der Waals surface area contributed by atoms with Crippen molar-refractivity contribution < 1.29 is 14.1 Å². The van der Waals surface area contributed by atoms with Gasteiger partial charge >= 0.3 is 0 Å². The Morgan fingerprint density at radius 3 is 2.50 bits per heavy atom. The Balaban J connectivity index is 1.53. The summed E-state index contributed by atoms with van der Waals surface area (Å²) in [6, 6.07) is 13.5. The predicted octanol–water partition coefficient (Wildman–Crippen LogP) is 3.80. The molecular weight excluding hydrogens is 379 g/mol. The number of aliphatic hydroxyl groups is 1. The van der Waals surface area contributed by atoms with E-state index in [0.29, 0.717) is 11.4 Å². The molecule has 2 atom stereocenters. The zero-order valence-corrected chi connectivity index (χ0v) is 16.3. The van der Waals surface area contributed by atoms with Gasteiger partial charge in [-0.25, -0.2) is 4.39 Å². The van der Waals surface area contributed by atoms with Crippen LogP contribution in [0.1, 0.15) is 23.6 Å². The van der Waals surface area contributed by atoms with E-state index >= 15 is 0 Å². The number of quaternary nitrogens is 1. The molecule has 2 aromatic carbocycles. The highest BCUT2D eigenvalue weighted by Gasteiger charge is 2.44. The van der Waals surface area contributed by atoms with E-state index < -0.39 is 11.4 Å². The van der Waals surface area contributed by atoms with Crippen LogP contribution in [0.5, 0.6) is 0 Å². The lowest BCUT2D eigenvalue weighted by Gasteiger charge is -2.27. The first-order valence-corrected chi connectivity index (χ1v) is 9.60. The zero-order chi connectivity index (χ0) is 20.9. The third-order valence-electron chi connectivity index (χ3n) is 5.72. The van der Waals surface area contributed by atoms with Crippen molar-refractivity contribution in [3.8, 4) is 0 Å². The maximum Gasteiger partial charge on any atom is 0.265 e. The molecule has 0 radical (unpaired) electrons. The Bertz CT molecular complexity index is 1230. The smallest absolute Gasteiger partial charge is 0.265 e. The molecule has 0 aromatic heterocycles. The number of hydrogen-bond acceptors (Lipinski definition) is 4. The summed E-state index contributed by atoms with van der Waals surface area (Å²) in [5.41, 5.74) is 2.74. The van der Waals surface area contributed by atoms with Crippen molar-refractivity contribution in [2.45, 2.75) is 12.5 Å². The number of nitrogens with two attached hydrogens (primary N) is 1. The molecule has 0 saturated heterocycles. The van der Waals surface area contributed by atoms with Gasteiger partial charge in [0.15, 0.2) is 0 Å². The second kappa shape index (κ2) is 6.53. The lowest BCUT2D eigenvalue weighted by atomic mass is 9.87. The van der Waals surface area contributed by atoms with Gasteiger partial charge in [-0.05, 0) is 30.7 Å². The summed E-state index contributed by atoms with van der Waals surface area (Å²) in [7, 11) is 0. The van der Waals surface area contributed by atoms with Gasteiger partial charge in [0.25, 0.3) is 5.84 Å². The maximum atomic E-state index is 14.3. The normalized spacial score (nSPS) is 23.6. The quantitative estimate of drug-likeness (QED) is 0.607. The van der Waals surface area contributed by atoms with Crippen molar-refractivity contribution in [2.24, 2.45) is 15.8 Å². The summed E-state index contributed by atoms with van der Waals surface area (Å²) in [4.78, 5) is 9.04. The van der Waals surface area contributed by atoms with Gasteiger partial charge in [0.2, 0.25) is 5.70 Å². The van der Waals surface area contributed by atoms with Crippen molar-refractivity contribution in [2.75, 3.05) is 0 Å². The maximum absolute atomic E-state index is 14.3. The molecule has 0 amide bonds. The van der Waals surface area contributed by atoms with E-state index in [0.717, 1.165) is 22.5 Å². The number of nitrogens with zero attached hydrogens (tertiary/aromatic N) is 3. The molecule has 2 aromatic rings. The largest absolute Gasteiger partial charge is 0.381 e. The number of amidine groups is 1. The molecular formula is C24H20FN4O+. The first-order chi connectivity index (χ1) is 14.4. The Hall–Kier alpha value is -3.45. The van der Waals surface area contributed by atoms with Gasteiger partial charge in [0.1, 0.15) is 23.3 Å². The summed E-state index contributed by atoms with van der Waals surface area (Å²) in [5, 5.41) is 11.0. The fourth-order valence-corrected chi connectivity index (χ4v) is 3.90. The SMILES string of the molecule is CC(O)(c1ccc(C2=NC(C3=CC=C3)=C3C=NC=C[N+]23N)cc1)c1ccccc1F. The summed E-state index contributed by atoms with van der Waals surface area (Å²) in [6.45, 7) is 1.58. The van der Waals surface area contributed by atoms with Crippen molar-refractivity contribution in [1.82, 2.24) is 0 Å². The molecule has 3 aliphatic rings. The minimum absolute atomic E-state index is 0.0763. The molecule has 0 spiro atoms. The van der Waals surface area contributed by atoms with Crippen molar-refractivity contribution >= 4 is 12.1 Å². The van der Waals surface area contributed by atoms with Gasteiger partial charge in [-0.1, -0.05) is 48.6 Å². The molecule has 2 heterocycles. The van der Waals surface area contributed by atoms with E-state index in [1.165, 1.54) is 6.07 Å². The van der Waals surface area contributed by atoms with Crippen LogP contribution >= 0.6 is 0 Å². The summed E-state index contributed by atoms with van der Waals surface area (Å²) >= 11 is 0. The molecule has 2 unspecified atom stereocenters. The summed E-state index contributed by atoms with van der Waals surface area (Å²) < 4.78 is 14.2. The average Bonchev–Trinajstić information content (AvgIpc) is 3.00. The minimum Gasteiger partial charge on any atom is -0.381 e. The monoisotopic (exact) mass is 399 g/mol. The fraction of sp³-hybridized carbons (Fsp3) is 0.0833. The lowest BCUT2D eigenvalue weighted by Crippen LogP contribution is -2.53. The zero-order valence-electron chi connectivity index (χ0n) is 16.3. The molecule has 0 saturated carbocycles. The number of aliphatic imine (C=N–C) groups is 2. The van der Waals surface area contributed by atoms with Gasteiger partial charge in [-0.2, -0.15) is 10.8 Å². The first-order valence-electron chi connectivity index (χ1n) is 9.60. The van der Waals surface area contributed by atoms with Crippen molar-refractivity contribution in [1.29, 1.82) is 0 Å². The van der Waals surface area contributed by atoms with Crippen molar-refractivity contribution in [3.05, 3.63) is 119 Å². The molecule has 5 nitrogen and oxygen atoms in total. The predicted molar refractivity (Wildman–Crippen MR) is 114 cm³/mol. The second-order valence-corrected chi connectivity index (χ2v) is 7.63. The van der Waals surface area contributed by atoms with Crippen LogP contribution in [0, 0.1) is 5.82 Å². The Morgan fingerprint density at radius 2 is 1.83 bits per heavy atom. The van der Waals surface area contributed by atoms with Crippen molar-refractivity contribution in [3.63, 3.8) is 0 Å². The van der Waals surface area contributed by atoms with Gasteiger partial charge in [0.05, 0.1) is 18.0 Å². The Morgan fingerprint density at radius 1 is 1.10 bits per heavy atom. The van der Waals surface area contributed by atoms with E-state index in [-0.39, 0.29) is 10.2 Å². The molecule has 3 N–H and O–H groups in total. The number of rotatable bonds is 4. The topological polar surface area (TPSA) is 71.0 Å². The number of hydrogen-bond donors (Lipinski definition) is 2. The van der Waals surface area contributed by atoms with Crippen LogP contribution in [0.3, 0.4) is 0 Å². The molecule has 0 bridgehead atoms. The van der Waals surface area contributed by atoms with Crippen LogP contribution in [-0.2, 0) is 5.60 Å². The van der Waals surface area contributed by atoms with Crippen LogP contribution < -0.4 is 5.84 Å². The molecule has 1 aliphatic carbocycles. The van der Waals surface area contributed by atoms with Gasteiger partial charge in [-0.15, -0.1) is 4.59 Å². The molecule has 148 valence electrons. The van der Waals surface area contributed by atoms with Crippen LogP contribution in [-0.4, -0.2) is 21.7 Å². The highest BCUT2D eigenvalue weighted by molar-refractivity contribution is 6.01. The van der Waals surface area contributed by atoms with E-state index in [9.17, 15) is 9.50 Å². The molecule has 30 heavy (non-hydrogen) atoms. The molecule has 2 aliphatic heterocycles. The Labute approximate surface area is 173 Å². The Kier molecular flexibility index (Phi) is 4.04. The van der Waals surface area contributed by atoms with Crippen LogP contribution in [0.2, 0.25) is 0 Å². The van der Waals surface area contributed by atoms with Crippen LogP contribution in [0.4, 0.5) is 4.39 Å². The standard InChI is InChI=1S/C24H20FN4O/c1-24(30,19-7-2-3-8-20(19)25)18-11-9-17(10-12-18)23-28-22(16-5-4-6-16)21-15-27-13-14-29(21,23)26/h2-15,30H,26H2,1H3/q+1. The third kappa shape index (κ3) is 2.66. The van der Waals surface area contributed by atoms with Gasteiger partial charge in [-0.3, -0.25) is 4.99 Å².